The van der Waals surface area contributed by atoms with E-state index in [9.17, 15) is 4.79 Å². The molecule has 0 radical (unpaired) electrons. The minimum Gasteiger partial charge on any atom is -0.378 e. The van der Waals surface area contributed by atoms with Gasteiger partial charge in [0.2, 0.25) is 5.91 Å². The van der Waals surface area contributed by atoms with Crippen molar-refractivity contribution in [2.45, 2.75) is 26.8 Å². The van der Waals surface area contributed by atoms with Gasteiger partial charge in [-0.1, -0.05) is 26.0 Å². The van der Waals surface area contributed by atoms with Gasteiger partial charge in [-0.15, -0.1) is 0 Å². The van der Waals surface area contributed by atoms with Gasteiger partial charge in [0, 0.05) is 38.8 Å². The molecule has 4 nitrogen and oxygen atoms in total. The Morgan fingerprint density at radius 3 is 2.43 bits per heavy atom. The van der Waals surface area contributed by atoms with Crippen LogP contribution in [0.4, 0.5) is 5.69 Å². The molecule has 1 amide bonds. The van der Waals surface area contributed by atoms with Gasteiger partial charge in [0.25, 0.3) is 0 Å². The Morgan fingerprint density at radius 2 is 1.86 bits per heavy atom. The summed E-state index contributed by atoms with van der Waals surface area (Å²) in [6.07, 6.45) is 0.613. The lowest BCUT2D eigenvalue weighted by Gasteiger charge is -2.29. The van der Waals surface area contributed by atoms with Crippen molar-refractivity contribution in [1.29, 1.82) is 0 Å². The molecule has 4 heteroatoms. The topological polar surface area (TPSA) is 32.8 Å². The molecule has 1 aliphatic rings. The van der Waals surface area contributed by atoms with E-state index in [1.807, 2.05) is 11.9 Å². The van der Waals surface area contributed by atoms with Crippen LogP contribution in [0.5, 0.6) is 0 Å². The second-order valence-electron chi connectivity index (χ2n) is 6.11. The van der Waals surface area contributed by atoms with Crippen molar-refractivity contribution in [3.8, 4) is 0 Å². The molecule has 0 saturated carbocycles. The minimum absolute atomic E-state index is 0.210. The molecule has 1 aliphatic heterocycles. The predicted molar refractivity (Wildman–Crippen MR) is 85.4 cm³/mol. The second kappa shape index (κ2) is 7.46. The Labute approximate surface area is 127 Å². The highest BCUT2D eigenvalue weighted by atomic mass is 16.5. The number of ether oxygens (including phenoxy) is 1. The van der Waals surface area contributed by atoms with E-state index in [0.29, 0.717) is 18.9 Å². The number of nitrogens with zero attached hydrogens (tertiary/aromatic N) is 2. The van der Waals surface area contributed by atoms with Crippen LogP contribution < -0.4 is 4.90 Å². The fraction of sp³-hybridized carbons (Fsp3) is 0.588. The third-order valence-electron chi connectivity index (χ3n) is 3.74. The fourth-order valence-corrected chi connectivity index (χ4v) is 2.50. The molecular formula is C17H26N2O2. The van der Waals surface area contributed by atoms with E-state index in [4.69, 9.17) is 4.74 Å². The molecule has 116 valence electrons. The lowest BCUT2D eigenvalue weighted by atomic mass is 10.1. The number of benzene rings is 1. The van der Waals surface area contributed by atoms with Crippen molar-refractivity contribution in [2.24, 2.45) is 5.92 Å². The molecule has 0 N–H and O–H groups in total. The van der Waals surface area contributed by atoms with Gasteiger partial charge < -0.3 is 14.5 Å². The van der Waals surface area contributed by atoms with E-state index in [2.05, 4.69) is 43.0 Å². The molecular weight excluding hydrogens is 264 g/mol. The molecule has 1 aromatic rings. The highest BCUT2D eigenvalue weighted by Crippen LogP contribution is 2.17. The van der Waals surface area contributed by atoms with E-state index < -0.39 is 0 Å². The molecule has 0 bridgehead atoms. The van der Waals surface area contributed by atoms with Gasteiger partial charge in [0.15, 0.2) is 0 Å². The quantitative estimate of drug-likeness (QED) is 0.835. The number of hydrogen-bond acceptors (Lipinski definition) is 3. The highest BCUT2D eigenvalue weighted by Gasteiger charge is 2.13. The largest absolute Gasteiger partial charge is 0.378 e. The van der Waals surface area contributed by atoms with Gasteiger partial charge in [-0.2, -0.15) is 0 Å². The number of carbonyl (C=O) groups is 1. The number of rotatable bonds is 5. The fourth-order valence-electron chi connectivity index (χ4n) is 2.50. The first-order valence-electron chi connectivity index (χ1n) is 7.72. The Bertz CT molecular complexity index is 450. The van der Waals surface area contributed by atoms with Gasteiger partial charge in [0.1, 0.15) is 0 Å². The highest BCUT2D eigenvalue weighted by molar-refractivity contribution is 5.76. The molecule has 21 heavy (non-hydrogen) atoms. The van der Waals surface area contributed by atoms with Gasteiger partial charge in [-0.05, 0) is 23.6 Å². The normalized spacial score (nSPS) is 15.3. The van der Waals surface area contributed by atoms with Crippen LogP contribution in [0.2, 0.25) is 0 Å². The Hall–Kier alpha value is -1.55. The third kappa shape index (κ3) is 4.74. The summed E-state index contributed by atoms with van der Waals surface area (Å²) in [7, 11) is 1.88. The van der Waals surface area contributed by atoms with Crippen molar-refractivity contribution in [1.82, 2.24) is 4.90 Å². The zero-order valence-electron chi connectivity index (χ0n) is 13.3. The summed E-state index contributed by atoms with van der Waals surface area (Å²) in [5.74, 6) is 0.617. The monoisotopic (exact) mass is 290 g/mol. The van der Waals surface area contributed by atoms with E-state index in [1.165, 1.54) is 11.3 Å². The van der Waals surface area contributed by atoms with Crippen LogP contribution in [0.3, 0.4) is 0 Å². The molecule has 0 unspecified atom stereocenters. The molecule has 1 aromatic carbocycles. The van der Waals surface area contributed by atoms with Crippen molar-refractivity contribution < 1.29 is 9.53 Å². The molecule has 0 aliphatic carbocycles. The Kier molecular flexibility index (Phi) is 5.62. The number of anilines is 1. The van der Waals surface area contributed by atoms with Crippen molar-refractivity contribution >= 4 is 11.6 Å². The average Bonchev–Trinajstić information content (AvgIpc) is 2.48. The van der Waals surface area contributed by atoms with E-state index >= 15 is 0 Å². The first-order chi connectivity index (χ1) is 10.1. The standard InChI is InChI=1S/C17H26N2O2/c1-14(2)12-17(20)18(3)13-15-4-6-16(7-5-15)19-8-10-21-11-9-19/h4-7,14H,8-13H2,1-3H3. The van der Waals surface area contributed by atoms with Gasteiger partial charge in [-0.25, -0.2) is 0 Å². The van der Waals surface area contributed by atoms with E-state index in [0.717, 1.165) is 26.3 Å². The van der Waals surface area contributed by atoms with E-state index in [-0.39, 0.29) is 5.91 Å². The van der Waals surface area contributed by atoms with Gasteiger partial charge >= 0.3 is 0 Å². The van der Waals surface area contributed by atoms with Crippen LogP contribution in [0.15, 0.2) is 24.3 Å². The zero-order chi connectivity index (χ0) is 15.2. The lowest BCUT2D eigenvalue weighted by Crippen LogP contribution is -2.36. The van der Waals surface area contributed by atoms with Crippen LogP contribution in [-0.4, -0.2) is 44.2 Å². The molecule has 0 spiro atoms. The van der Waals surface area contributed by atoms with Crippen molar-refractivity contribution in [2.75, 3.05) is 38.3 Å². The first-order valence-corrected chi connectivity index (χ1v) is 7.72. The van der Waals surface area contributed by atoms with Gasteiger partial charge in [0.05, 0.1) is 13.2 Å². The number of hydrogen-bond donors (Lipinski definition) is 0. The van der Waals surface area contributed by atoms with E-state index in [1.54, 1.807) is 0 Å². The smallest absolute Gasteiger partial charge is 0.222 e. The first kappa shape index (κ1) is 15.8. The maximum Gasteiger partial charge on any atom is 0.222 e. The molecule has 1 fully saturated rings. The van der Waals surface area contributed by atoms with Crippen LogP contribution in [-0.2, 0) is 16.1 Å². The van der Waals surface area contributed by atoms with Crippen molar-refractivity contribution in [3.05, 3.63) is 29.8 Å². The minimum atomic E-state index is 0.210. The number of morpholine rings is 1. The van der Waals surface area contributed by atoms with Crippen LogP contribution in [0, 0.1) is 5.92 Å². The second-order valence-corrected chi connectivity index (χ2v) is 6.11. The van der Waals surface area contributed by atoms with Crippen LogP contribution >= 0.6 is 0 Å². The van der Waals surface area contributed by atoms with Crippen LogP contribution in [0.1, 0.15) is 25.8 Å². The predicted octanol–water partition coefficient (Wildman–Crippen LogP) is 2.53. The number of carbonyl (C=O) groups excluding carboxylic acids is 1. The zero-order valence-corrected chi connectivity index (χ0v) is 13.3. The summed E-state index contributed by atoms with van der Waals surface area (Å²) in [6, 6.07) is 8.51. The lowest BCUT2D eigenvalue weighted by molar-refractivity contribution is -0.131. The van der Waals surface area contributed by atoms with Crippen LogP contribution in [0.25, 0.3) is 0 Å². The SMILES string of the molecule is CC(C)CC(=O)N(C)Cc1ccc(N2CCOCC2)cc1. The maximum absolute atomic E-state index is 12.0. The average molecular weight is 290 g/mol. The number of amides is 1. The summed E-state index contributed by atoms with van der Waals surface area (Å²) in [5.41, 5.74) is 2.41. The summed E-state index contributed by atoms with van der Waals surface area (Å²) in [5, 5.41) is 0. The molecule has 1 saturated heterocycles. The third-order valence-corrected chi connectivity index (χ3v) is 3.74. The molecule has 0 aromatic heterocycles. The Balaban J connectivity index is 1.91. The summed E-state index contributed by atoms with van der Waals surface area (Å²) in [6.45, 7) is 8.32. The van der Waals surface area contributed by atoms with Gasteiger partial charge in [-0.3, -0.25) is 4.79 Å². The summed E-state index contributed by atoms with van der Waals surface area (Å²) < 4.78 is 5.37. The summed E-state index contributed by atoms with van der Waals surface area (Å²) >= 11 is 0. The Morgan fingerprint density at radius 1 is 1.24 bits per heavy atom. The molecule has 0 atom stereocenters. The van der Waals surface area contributed by atoms with Crippen molar-refractivity contribution in [3.63, 3.8) is 0 Å². The summed E-state index contributed by atoms with van der Waals surface area (Å²) in [4.78, 5) is 16.1. The molecule has 1 heterocycles. The molecule has 2 rings (SSSR count). The maximum atomic E-state index is 12.0.